The van der Waals surface area contributed by atoms with E-state index in [4.69, 9.17) is 0 Å². The summed E-state index contributed by atoms with van der Waals surface area (Å²) in [4.78, 5) is 15.1. The van der Waals surface area contributed by atoms with Gasteiger partial charge in [0.2, 0.25) is 5.91 Å². The first-order chi connectivity index (χ1) is 12.7. The van der Waals surface area contributed by atoms with Gasteiger partial charge in [0.15, 0.2) is 0 Å². The van der Waals surface area contributed by atoms with Crippen molar-refractivity contribution >= 4 is 22.4 Å². The van der Waals surface area contributed by atoms with Crippen LogP contribution in [-0.4, -0.2) is 29.9 Å². The number of carbonyl (C=O) groups is 1. The van der Waals surface area contributed by atoms with Gasteiger partial charge in [0, 0.05) is 17.6 Å². The van der Waals surface area contributed by atoms with Crippen molar-refractivity contribution in [3.63, 3.8) is 0 Å². The largest absolute Gasteiger partial charge is 0.324 e. The van der Waals surface area contributed by atoms with E-state index in [2.05, 4.69) is 58.7 Å². The number of likely N-dealkylation sites (tertiary alicyclic amines) is 1. The first-order valence-corrected chi connectivity index (χ1v) is 9.30. The molecule has 3 nitrogen and oxygen atoms in total. The molecule has 0 saturated carbocycles. The fourth-order valence-corrected chi connectivity index (χ4v) is 3.87. The van der Waals surface area contributed by atoms with Gasteiger partial charge in [-0.3, -0.25) is 9.69 Å². The molecule has 1 saturated heterocycles. The van der Waals surface area contributed by atoms with Gasteiger partial charge in [-0.15, -0.1) is 0 Å². The Labute approximate surface area is 154 Å². The van der Waals surface area contributed by atoms with E-state index in [0.29, 0.717) is 5.92 Å². The minimum absolute atomic E-state index is 0.0649. The van der Waals surface area contributed by atoms with Gasteiger partial charge in [-0.2, -0.15) is 0 Å². The van der Waals surface area contributed by atoms with Gasteiger partial charge in [0.05, 0.1) is 6.04 Å². The summed E-state index contributed by atoms with van der Waals surface area (Å²) in [5.41, 5.74) is 2.26. The molecule has 2 atom stereocenters. The van der Waals surface area contributed by atoms with Crippen LogP contribution in [0.1, 0.15) is 24.8 Å². The van der Waals surface area contributed by atoms with Crippen LogP contribution >= 0.6 is 0 Å². The molecule has 0 spiro atoms. The quantitative estimate of drug-likeness (QED) is 0.747. The van der Waals surface area contributed by atoms with E-state index in [9.17, 15) is 4.79 Å². The third-order valence-corrected chi connectivity index (χ3v) is 5.47. The first kappa shape index (κ1) is 16.8. The number of nitrogens with zero attached hydrogens (tertiary/aromatic N) is 1. The molecule has 0 aliphatic carbocycles. The Morgan fingerprint density at radius 3 is 2.58 bits per heavy atom. The van der Waals surface area contributed by atoms with Crippen LogP contribution in [0.4, 0.5) is 5.69 Å². The molecule has 3 aromatic carbocycles. The van der Waals surface area contributed by atoms with Gasteiger partial charge in [-0.05, 0) is 42.8 Å². The van der Waals surface area contributed by atoms with Gasteiger partial charge in [-0.25, -0.2) is 0 Å². The molecule has 4 rings (SSSR count). The SMILES string of the molecule is C[C@@H](C(=O)Nc1cccc2ccccc12)N1CC[C@@H](c2ccccc2)C1. The zero-order valence-electron chi connectivity index (χ0n) is 15.1. The number of hydrogen-bond donors (Lipinski definition) is 1. The van der Waals surface area contributed by atoms with Gasteiger partial charge >= 0.3 is 0 Å². The summed E-state index contributed by atoms with van der Waals surface area (Å²) < 4.78 is 0. The Kier molecular flexibility index (Phi) is 4.72. The van der Waals surface area contributed by atoms with Gasteiger partial charge in [0.25, 0.3) is 0 Å². The summed E-state index contributed by atoms with van der Waals surface area (Å²) in [5, 5.41) is 5.36. The predicted molar refractivity (Wildman–Crippen MR) is 107 cm³/mol. The van der Waals surface area contributed by atoms with Crippen LogP contribution in [0.2, 0.25) is 0 Å². The summed E-state index contributed by atoms with van der Waals surface area (Å²) in [5.74, 6) is 0.582. The van der Waals surface area contributed by atoms with Crippen molar-refractivity contribution in [3.8, 4) is 0 Å². The molecular formula is C23H24N2O. The molecule has 1 amide bonds. The maximum absolute atomic E-state index is 12.8. The minimum atomic E-state index is -0.136. The number of fused-ring (bicyclic) bond motifs is 1. The van der Waals surface area contributed by atoms with E-state index in [0.717, 1.165) is 36.0 Å². The van der Waals surface area contributed by atoms with Crippen LogP contribution in [0, 0.1) is 0 Å². The lowest BCUT2D eigenvalue weighted by molar-refractivity contribution is -0.120. The lowest BCUT2D eigenvalue weighted by Gasteiger charge is -2.24. The van der Waals surface area contributed by atoms with Crippen molar-refractivity contribution in [1.29, 1.82) is 0 Å². The molecule has 1 aliphatic rings. The third kappa shape index (κ3) is 3.35. The van der Waals surface area contributed by atoms with Crippen molar-refractivity contribution in [3.05, 3.63) is 78.4 Å². The second kappa shape index (κ2) is 7.30. The standard InChI is InChI=1S/C23H24N2O/c1-17(25-15-14-20(16-25)18-8-3-2-4-9-18)23(26)24-22-13-7-11-19-10-5-6-12-21(19)22/h2-13,17,20H,14-16H2,1H3,(H,24,26)/t17-,20+/m0/s1. The molecule has 132 valence electrons. The van der Waals surface area contributed by atoms with Crippen LogP contribution in [0.5, 0.6) is 0 Å². The van der Waals surface area contributed by atoms with Crippen molar-refractivity contribution in [2.75, 3.05) is 18.4 Å². The second-order valence-electron chi connectivity index (χ2n) is 7.08. The number of anilines is 1. The highest BCUT2D eigenvalue weighted by atomic mass is 16.2. The van der Waals surface area contributed by atoms with Crippen LogP contribution in [0.3, 0.4) is 0 Å². The number of hydrogen-bond acceptors (Lipinski definition) is 2. The highest BCUT2D eigenvalue weighted by molar-refractivity contribution is 6.03. The van der Waals surface area contributed by atoms with Crippen LogP contribution in [0.15, 0.2) is 72.8 Å². The van der Waals surface area contributed by atoms with E-state index in [1.165, 1.54) is 5.56 Å². The summed E-state index contributed by atoms with van der Waals surface area (Å²) >= 11 is 0. The highest BCUT2D eigenvalue weighted by Crippen LogP contribution is 2.29. The molecule has 26 heavy (non-hydrogen) atoms. The normalized spacial score (nSPS) is 18.7. The smallest absolute Gasteiger partial charge is 0.241 e. The lowest BCUT2D eigenvalue weighted by Crippen LogP contribution is -2.40. The second-order valence-corrected chi connectivity index (χ2v) is 7.08. The fraction of sp³-hybridized carbons (Fsp3) is 0.261. The number of rotatable bonds is 4. The zero-order chi connectivity index (χ0) is 17.9. The Morgan fingerprint density at radius 1 is 1.00 bits per heavy atom. The number of nitrogens with one attached hydrogen (secondary N) is 1. The summed E-state index contributed by atoms with van der Waals surface area (Å²) in [6, 6.07) is 24.7. The molecule has 0 bridgehead atoms. The topological polar surface area (TPSA) is 32.3 Å². The fourth-order valence-electron chi connectivity index (χ4n) is 3.87. The highest BCUT2D eigenvalue weighted by Gasteiger charge is 2.30. The number of amides is 1. The number of benzene rings is 3. The Bertz CT molecular complexity index is 901. The monoisotopic (exact) mass is 344 g/mol. The third-order valence-electron chi connectivity index (χ3n) is 5.47. The van der Waals surface area contributed by atoms with E-state index in [1.807, 2.05) is 31.2 Å². The molecule has 1 fully saturated rings. The van der Waals surface area contributed by atoms with Gasteiger partial charge in [-0.1, -0.05) is 66.7 Å². The average Bonchev–Trinajstić information content (AvgIpc) is 3.18. The Balaban J connectivity index is 1.45. The molecule has 0 aromatic heterocycles. The molecule has 1 N–H and O–H groups in total. The van der Waals surface area contributed by atoms with E-state index >= 15 is 0 Å². The summed E-state index contributed by atoms with van der Waals surface area (Å²) in [7, 11) is 0. The predicted octanol–water partition coefficient (Wildman–Crippen LogP) is 4.66. The summed E-state index contributed by atoms with van der Waals surface area (Å²) in [6.07, 6.45) is 1.11. The van der Waals surface area contributed by atoms with Crippen LogP contribution in [-0.2, 0) is 4.79 Å². The first-order valence-electron chi connectivity index (χ1n) is 9.30. The van der Waals surface area contributed by atoms with Gasteiger partial charge in [0.1, 0.15) is 0 Å². The molecule has 3 aromatic rings. The molecule has 0 unspecified atom stereocenters. The minimum Gasteiger partial charge on any atom is -0.324 e. The van der Waals surface area contributed by atoms with Crippen LogP contribution in [0.25, 0.3) is 10.8 Å². The van der Waals surface area contributed by atoms with E-state index < -0.39 is 0 Å². The maximum Gasteiger partial charge on any atom is 0.241 e. The van der Waals surface area contributed by atoms with Crippen molar-refractivity contribution in [2.24, 2.45) is 0 Å². The Hall–Kier alpha value is -2.65. The maximum atomic E-state index is 12.8. The number of carbonyl (C=O) groups excluding carboxylic acids is 1. The van der Waals surface area contributed by atoms with Crippen molar-refractivity contribution < 1.29 is 4.79 Å². The van der Waals surface area contributed by atoms with Crippen molar-refractivity contribution in [2.45, 2.75) is 25.3 Å². The van der Waals surface area contributed by atoms with E-state index in [-0.39, 0.29) is 11.9 Å². The van der Waals surface area contributed by atoms with Crippen LogP contribution < -0.4 is 5.32 Å². The zero-order valence-corrected chi connectivity index (χ0v) is 15.1. The summed E-state index contributed by atoms with van der Waals surface area (Å²) in [6.45, 7) is 3.91. The van der Waals surface area contributed by atoms with Gasteiger partial charge < -0.3 is 5.32 Å². The molecule has 1 aliphatic heterocycles. The Morgan fingerprint density at radius 2 is 1.73 bits per heavy atom. The van der Waals surface area contributed by atoms with E-state index in [1.54, 1.807) is 0 Å². The lowest BCUT2D eigenvalue weighted by atomic mass is 9.99. The molecule has 0 radical (unpaired) electrons. The van der Waals surface area contributed by atoms with Crippen molar-refractivity contribution in [1.82, 2.24) is 4.90 Å². The molecule has 1 heterocycles. The molecular weight excluding hydrogens is 320 g/mol. The average molecular weight is 344 g/mol. The molecule has 3 heteroatoms.